The Labute approximate surface area is 135 Å². The summed E-state index contributed by atoms with van der Waals surface area (Å²) >= 11 is 3.16. The van der Waals surface area contributed by atoms with Gasteiger partial charge in [-0.05, 0) is 59.3 Å². The average molecular weight is 362 g/mol. The first-order valence-corrected chi connectivity index (χ1v) is 8.62. The number of unbranched alkanes of at least 4 members (excludes halogenated alkanes) is 1. The summed E-state index contributed by atoms with van der Waals surface area (Å²) in [4.78, 5) is 0. The summed E-state index contributed by atoms with van der Waals surface area (Å²) in [5.41, 5.74) is 0.120. The van der Waals surface area contributed by atoms with Gasteiger partial charge in [-0.15, -0.1) is 0 Å². The molecule has 1 aromatic carbocycles. The molecule has 0 saturated heterocycles. The van der Waals surface area contributed by atoms with Crippen molar-refractivity contribution < 1.29 is 8.78 Å². The molecular weight excluding hydrogens is 336 g/mol. The lowest BCUT2D eigenvalue weighted by molar-refractivity contribution is 0.225. The lowest BCUT2D eigenvalue weighted by Gasteiger charge is -2.34. The topological polar surface area (TPSA) is 12.0 Å². The lowest BCUT2D eigenvalue weighted by Crippen LogP contribution is -2.36. The summed E-state index contributed by atoms with van der Waals surface area (Å²) in [7, 11) is 0. The molecule has 120 valence electrons. The summed E-state index contributed by atoms with van der Waals surface area (Å²) in [5.74, 6) is -0.901. The predicted octanol–water partition coefficient (Wildman–Crippen LogP) is 5.47. The van der Waals surface area contributed by atoms with Gasteiger partial charge in [-0.3, -0.25) is 0 Å². The maximum Gasteiger partial charge on any atom is 0.143 e. The highest BCUT2D eigenvalue weighted by molar-refractivity contribution is 9.10. The van der Waals surface area contributed by atoms with E-state index >= 15 is 0 Å². The summed E-state index contributed by atoms with van der Waals surface area (Å²) in [5, 5.41) is 3.37. The van der Waals surface area contributed by atoms with Crippen LogP contribution in [0, 0.1) is 17.0 Å². The smallest absolute Gasteiger partial charge is 0.143 e. The van der Waals surface area contributed by atoms with Gasteiger partial charge in [0.1, 0.15) is 11.6 Å². The number of halogens is 3. The van der Waals surface area contributed by atoms with Crippen molar-refractivity contribution in [1.29, 1.82) is 0 Å². The van der Waals surface area contributed by atoms with Crippen molar-refractivity contribution in [2.24, 2.45) is 5.41 Å². The first-order valence-electron chi connectivity index (χ1n) is 7.82. The van der Waals surface area contributed by atoms with Crippen LogP contribution >= 0.6 is 15.9 Å². The van der Waals surface area contributed by atoms with E-state index in [0.29, 0.717) is 10.9 Å². The fraction of sp³-hybridized carbons (Fsp3) is 0.647. The molecule has 0 radical (unpaired) electrons. The molecule has 0 fully saturated rings. The van der Waals surface area contributed by atoms with E-state index in [0.717, 1.165) is 38.8 Å². The van der Waals surface area contributed by atoms with Crippen molar-refractivity contribution in [3.8, 4) is 0 Å². The highest BCUT2D eigenvalue weighted by Crippen LogP contribution is 2.35. The predicted molar refractivity (Wildman–Crippen MR) is 88.6 cm³/mol. The van der Waals surface area contributed by atoms with Crippen LogP contribution in [0.25, 0.3) is 0 Å². The fourth-order valence-electron chi connectivity index (χ4n) is 2.71. The molecule has 0 aliphatic rings. The zero-order valence-electron chi connectivity index (χ0n) is 13.2. The Kier molecular flexibility index (Phi) is 7.82. The minimum absolute atomic E-state index is 0.0888. The van der Waals surface area contributed by atoms with Gasteiger partial charge in [-0.25, -0.2) is 8.78 Å². The van der Waals surface area contributed by atoms with Crippen molar-refractivity contribution in [2.45, 2.75) is 52.9 Å². The van der Waals surface area contributed by atoms with Gasteiger partial charge in [0.2, 0.25) is 0 Å². The standard InChI is InChI=1S/C17H26BrF2N/c1-4-7-10-17(5-2,12-21-6-3)11-13-15(19)9-8-14(18)16(13)20/h8-9,21H,4-7,10-12H2,1-3H3. The molecule has 0 bridgehead atoms. The van der Waals surface area contributed by atoms with Crippen LogP contribution < -0.4 is 5.32 Å². The van der Waals surface area contributed by atoms with Crippen LogP contribution in [0.5, 0.6) is 0 Å². The Balaban J connectivity index is 3.07. The van der Waals surface area contributed by atoms with Gasteiger partial charge in [-0.1, -0.05) is 33.6 Å². The summed E-state index contributed by atoms with van der Waals surface area (Å²) < 4.78 is 28.7. The van der Waals surface area contributed by atoms with E-state index in [9.17, 15) is 8.78 Å². The monoisotopic (exact) mass is 361 g/mol. The van der Waals surface area contributed by atoms with Gasteiger partial charge in [0.05, 0.1) is 4.47 Å². The molecule has 0 aliphatic carbocycles. The van der Waals surface area contributed by atoms with Gasteiger partial charge >= 0.3 is 0 Å². The minimum atomic E-state index is -0.458. The summed E-state index contributed by atoms with van der Waals surface area (Å²) in [6.45, 7) is 7.98. The highest BCUT2D eigenvalue weighted by atomic mass is 79.9. The van der Waals surface area contributed by atoms with Crippen LogP contribution in [0.1, 0.15) is 52.0 Å². The zero-order chi connectivity index (χ0) is 15.9. The Morgan fingerprint density at radius 1 is 1.19 bits per heavy atom. The molecule has 4 heteroatoms. The number of nitrogens with one attached hydrogen (secondary N) is 1. The maximum atomic E-state index is 14.3. The fourth-order valence-corrected chi connectivity index (χ4v) is 3.09. The summed E-state index contributed by atoms with van der Waals surface area (Å²) in [6, 6.07) is 2.77. The number of rotatable bonds is 9. The van der Waals surface area contributed by atoms with Crippen LogP contribution in [0.2, 0.25) is 0 Å². The molecule has 1 rings (SSSR count). The van der Waals surface area contributed by atoms with Gasteiger partial charge < -0.3 is 5.32 Å². The number of hydrogen-bond acceptors (Lipinski definition) is 1. The summed E-state index contributed by atoms with van der Waals surface area (Å²) in [6.07, 6.45) is 4.51. The van der Waals surface area contributed by atoms with Crippen LogP contribution in [0.4, 0.5) is 8.78 Å². The van der Waals surface area contributed by atoms with Crippen LogP contribution in [-0.2, 0) is 6.42 Å². The molecule has 0 spiro atoms. The third-order valence-corrected chi connectivity index (χ3v) is 4.86. The molecule has 0 aromatic heterocycles. The second kappa shape index (κ2) is 8.84. The maximum absolute atomic E-state index is 14.3. The van der Waals surface area contributed by atoms with Crippen molar-refractivity contribution in [3.05, 3.63) is 33.8 Å². The number of hydrogen-bond donors (Lipinski definition) is 1. The molecule has 1 atom stereocenters. The van der Waals surface area contributed by atoms with Gasteiger partial charge in [-0.2, -0.15) is 0 Å². The van der Waals surface area contributed by atoms with Gasteiger partial charge in [0.25, 0.3) is 0 Å². The van der Waals surface area contributed by atoms with Crippen LogP contribution in [0.3, 0.4) is 0 Å². The normalized spacial score (nSPS) is 14.2. The molecule has 1 aromatic rings. The average Bonchev–Trinajstić information content (AvgIpc) is 2.50. The molecule has 1 nitrogen and oxygen atoms in total. The molecular formula is C17H26BrF2N. The van der Waals surface area contributed by atoms with Gasteiger partial charge in [0, 0.05) is 12.1 Å². The second-order valence-electron chi connectivity index (χ2n) is 5.74. The van der Waals surface area contributed by atoms with E-state index in [2.05, 4.69) is 42.0 Å². The zero-order valence-corrected chi connectivity index (χ0v) is 14.8. The first-order chi connectivity index (χ1) is 9.99. The van der Waals surface area contributed by atoms with E-state index in [1.807, 2.05) is 0 Å². The third kappa shape index (κ3) is 5.03. The largest absolute Gasteiger partial charge is 0.316 e. The van der Waals surface area contributed by atoms with E-state index in [1.54, 1.807) is 0 Å². The van der Waals surface area contributed by atoms with Crippen LogP contribution in [-0.4, -0.2) is 13.1 Å². The third-order valence-electron chi connectivity index (χ3n) is 4.25. The molecule has 1 unspecified atom stereocenters. The van der Waals surface area contributed by atoms with E-state index in [1.165, 1.54) is 12.1 Å². The Bertz CT molecular complexity index is 441. The minimum Gasteiger partial charge on any atom is -0.316 e. The van der Waals surface area contributed by atoms with Crippen molar-refractivity contribution in [1.82, 2.24) is 5.32 Å². The molecule has 0 amide bonds. The van der Waals surface area contributed by atoms with Crippen molar-refractivity contribution in [2.75, 3.05) is 13.1 Å². The Morgan fingerprint density at radius 3 is 2.48 bits per heavy atom. The molecule has 0 saturated carbocycles. The van der Waals surface area contributed by atoms with E-state index < -0.39 is 11.6 Å². The van der Waals surface area contributed by atoms with Crippen molar-refractivity contribution >= 4 is 15.9 Å². The molecule has 1 N–H and O–H groups in total. The highest BCUT2D eigenvalue weighted by Gasteiger charge is 2.30. The first kappa shape index (κ1) is 18.6. The Morgan fingerprint density at radius 2 is 1.90 bits per heavy atom. The SMILES string of the molecule is CCCCC(CC)(CNCC)Cc1c(F)ccc(Br)c1F. The molecule has 0 heterocycles. The van der Waals surface area contributed by atoms with E-state index in [4.69, 9.17) is 0 Å². The number of benzene rings is 1. The van der Waals surface area contributed by atoms with Gasteiger partial charge in [0.15, 0.2) is 0 Å². The van der Waals surface area contributed by atoms with E-state index in [-0.39, 0.29) is 11.0 Å². The lowest BCUT2D eigenvalue weighted by atomic mass is 9.75. The quantitative estimate of drug-likeness (QED) is 0.575. The van der Waals surface area contributed by atoms with Crippen molar-refractivity contribution in [3.63, 3.8) is 0 Å². The Hall–Kier alpha value is -0.480. The molecule has 21 heavy (non-hydrogen) atoms. The van der Waals surface area contributed by atoms with Crippen LogP contribution in [0.15, 0.2) is 16.6 Å². The molecule has 0 aliphatic heterocycles. The second-order valence-corrected chi connectivity index (χ2v) is 6.59.